The van der Waals surface area contributed by atoms with Crippen molar-refractivity contribution < 1.29 is 43.5 Å². The lowest BCUT2D eigenvalue weighted by Gasteiger charge is -2.35. The number of benzene rings is 2. The zero-order valence-corrected chi connectivity index (χ0v) is 22.0. The van der Waals surface area contributed by atoms with E-state index in [0.717, 1.165) is 35.4 Å². The minimum absolute atomic E-state index is 0.0473. The number of carbonyl (C=O) groups excluding carboxylic acids is 1. The Kier molecular flexibility index (Phi) is 10.8. The number of methoxy groups -OCH3 is 4. The van der Waals surface area contributed by atoms with E-state index in [1.165, 1.54) is 0 Å². The Hall–Kier alpha value is -3.51. The molecule has 1 amide bonds. The van der Waals surface area contributed by atoms with Gasteiger partial charge in [0.1, 0.15) is 5.75 Å². The molecule has 0 saturated carbocycles. The highest BCUT2D eigenvalue weighted by molar-refractivity contribution is 9.10. The monoisotopic (exact) mass is 568 g/mol. The number of piperazine rings is 1. The summed E-state index contributed by atoms with van der Waals surface area (Å²) in [5.74, 6) is -1.40. The fourth-order valence-electron chi connectivity index (χ4n) is 3.61. The molecule has 0 aromatic heterocycles. The third-order valence-corrected chi connectivity index (χ3v) is 5.88. The molecule has 196 valence electrons. The van der Waals surface area contributed by atoms with Gasteiger partial charge in [-0.3, -0.25) is 9.69 Å². The van der Waals surface area contributed by atoms with Crippen molar-refractivity contribution in [1.29, 1.82) is 0 Å². The number of halogens is 1. The second kappa shape index (κ2) is 13.5. The van der Waals surface area contributed by atoms with Gasteiger partial charge in [0.05, 0.1) is 28.4 Å². The Morgan fingerprint density at radius 2 is 1.33 bits per heavy atom. The maximum atomic E-state index is 13.1. The molecule has 0 aliphatic carbocycles. The van der Waals surface area contributed by atoms with Crippen LogP contribution in [0.4, 0.5) is 0 Å². The summed E-state index contributed by atoms with van der Waals surface area (Å²) in [6.07, 6.45) is 0. The van der Waals surface area contributed by atoms with Crippen LogP contribution in [0.3, 0.4) is 0 Å². The van der Waals surface area contributed by atoms with Gasteiger partial charge in [0.25, 0.3) is 5.91 Å². The van der Waals surface area contributed by atoms with E-state index in [4.69, 9.17) is 38.7 Å². The van der Waals surface area contributed by atoms with Crippen LogP contribution in [-0.2, 0) is 16.1 Å². The smallest absolute Gasteiger partial charge is 0.414 e. The second-order valence-corrected chi connectivity index (χ2v) is 8.46. The molecule has 1 heterocycles. The van der Waals surface area contributed by atoms with Gasteiger partial charge < -0.3 is 34.1 Å². The van der Waals surface area contributed by atoms with E-state index in [-0.39, 0.29) is 5.91 Å². The highest BCUT2D eigenvalue weighted by Gasteiger charge is 2.25. The van der Waals surface area contributed by atoms with E-state index < -0.39 is 11.9 Å². The highest BCUT2D eigenvalue weighted by atomic mass is 79.9. The van der Waals surface area contributed by atoms with Crippen molar-refractivity contribution in [2.24, 2.45) is 0 Å². The summed E-state index contributed by atoms with van der Waals surface area (Å²) in [6.45, 7) is 3.63. The number of carbonyl (C=O) groups is 3. The third kappa shape index (κ3) is 7.49. The molecule has 2 aromatic rings. The largest absolute Gasteiger partial charge is 0.496 e. The molecule has 3 rings (SSSR count). The Morgan fingerprint density at radius 1 is 0.806 bits per heavy atom. The lowest BCUT2D eigenvalue weighted by molar-refractivity contribution is -0.159. The number of hydrogen-bond donors (Lipinski definition) is 2. The molecule has 1 aliphatic heterocycles. The first-order valence-electron chi connectivity index (χ1n) is 10.7. The summed E-state index contributed by atoms with van der Waals surface area (Å²) < 4.78 is 22.6. The first-order valence-corrected chi connectivity index (χ1v) is 11.5. The van der Waals surface area contributed by atoms with Crippen molar-refractivity contribution in [2.45, 2.75) is 6.54 Å². The van der Waals surface area contributed by atoms with Crippen LogP contribution < -0.4 is 18.9 Å². The van der Waals surface area contributed by atoms with Crippen LogP contribution in [-0.4, -0.2) is 92.5 Å². The van der Waals surface area contributed by atoms with Crippen LogP contribution in [0.15, 0.2) is 34.8 Å². The summed E-state index contributed by atoms with van der Waals surface area (Å²) in [6, 6.07) is 9.40. The van der Waals surface area contributed by atoms with E-state index in [9.17, 15) is 4.79 Å². The molecule has 1 saturated heterocycles. The fraction of sp³-hybridized carbons (Fsp3) is 0.375. The number of carboxylic acids is 2. The van der Waals surface area contributed by atoms with Crippen molar-refractivity contribution in [1.82, 2.24) is 9.80 Å². The molecule has 0 unspecified atom stereocenters. The maximum absolute atomic E-state index is 13.1. The summed E-state index contributed by atoms with van der Waals surface area (Å²) in [4.78, 5) is 35.5. The van der Waals surface area contributed by atoms with Crippen molar-refractivity contribution in [2.75, 3.05) is 54.6 Å². The van der Waals surface area contributed by atoms with Crippen LogP contribution in [0.5, 0.6) is 23.0 Å². The van der Waals surface area contributed by atoms with Gasteiger partial charge in [0.2, 0.25) is 5.75 Å². The molecule has 12 heteroatoms. The Morgan fingerprint density at radius 3 is 1.78 bits per heavy atom. The molecule has 0 radical (unpaired) electrons. The predicted octanol–water partition coefficient (Wildman–Crippen LogP) is 2.60. The van der Waals surface area contributed by atoms with Crippen LogP contribution in [0.2, 0.25) is 0 Å². The van der Waals surface area contributed by atoms with Crippen molar-refractivity contribution >= 4 is 33.8 Å². The number of rotatable bonds is 7. The van der Waals surface area contributed by atoms with Gasteiger partial charge in [-0.1, -0.05) is 15.9 Å². The average Bonchev–Trinajstić information content (AvgIpc) is 2.88. The molecule has 0 atom stereocenters. The van der Waals surface area contributed by atoms with Gasteiger partial charge in [-0.2, -0.15) is 0 Å². The van der Waals surface area contributed by atoms with E-state index in [1.54, 1.807) is 40.6 Å². The zero-order chi connectivity index (χ0) is 26.8. The van der Waals surface area contributed by atoms with Gasteiger partial charge in [-0.25, -0.2) is 9.59 Å². The molecular weight excluding hydrogens is 540 g/mol. The highest BCUT2D eigenvalue weighted by Crippen LogP contribution is 2.38. The number of aliphatic carboxylic acids is 2. The van der Waals surface area contributed by atoms with Gasteiger partial charge >= 0.3 is 11.9 Å². The van der Waals surface area contributed by atoms with Gasteiger partial charge in [0, 0.05) is 48.3 Å². The number of carboxylic acid groups (broad SMARTS) is 2. The lowest BCUT2D eigenvalue weighted by Crippen LogP contribution is -2.48. The number of hydrogen-bond acceptors (Lipinski definition) is 8. The summed E-state index contributed by atoms with van der Waals surface area (Å²) in [7, 11) is 6.31. The molecule has 1 fully saturated rings. The van der Waals surface area contributed by atoms with Gasteiger partial charge in [-0.15, -0.1) is 0 Å². The molecule has 1 aliphatic rings. The van der Waals surface area contributed by atoms with E-state index in [0.29, 0.717) is 35.9 Å². The quantitative estimate of drug-likeness (QED) is 0.479. The first kappa shape index (κ1) is 28.7. The average molecular weight is 569 g/mol. The molecule has 0 spiro atoms. The number of amides is 1. The summed E-state index contributed by atoms with van der Waals surface area (Å²) in [5.41, 5.74) is 1.64. The van der Waals surface area contributed by atoms with Gasteiger partial charge in [0.15, 0.2) is 11.5 Å². The standard InChI is InChI=1S/C22H27BrN2O5.C2H2O4/c1-27-18-6-5-17(23)11-16(18)14-24-7-9-25(10-8-24)22(26)15-12-19(28-2)21(30-4)20(13-15)29-3;3-1(4)2(5)6/h5-6,11-13H,7-10,14H2,1-4H3;(H,3,4)(H,5,6). The van der Waals surface area contributed by atoms with Crippen molar-refractivity contribution in [3.63, 3.8) is 0 Å². The normalized spacial score (nSPS) is 13.2. The van der Waals surface area contributed by atoms with Crippen molar-refractivity contribution in [3.8, 4) is 23.0 Å². The summed E-state index contributed by atoms with van der Waals surface area (Å²) in [5, 5.41) is 14.8. The molecule has 2 N–H and O–H groups in total. The Labute approximate surface area is 217 Å². The molecule has 2 aromatic carbocycles. The molecular formula is C24H29BrN2O9. The van der Waals surface area contributed by atoms with Crippen LogP contribution in [0.25, 0.3) is 0 Å². The first-order chi connectivity index (χ1) is 17.1. The van der Waals surface area contributed by atoms with Crippen LogP contribution in [0.1, 0.15) is 15.9 Å². The SMILES string of the molecule is COc1ccc(Br)cc1CN1CCN(C(=O)c2cc(OC)c(OC)c(OC)c2)CC1.O=C(O)C(=O)O. The Balaban J connectivity index is 0.000000678. The third-order valence-electron chi connectivity index (χ3n) is 5.39. The predicted molar refractivity (Wildman–Crippen MR) is 133 cm³/mol. The van der Waals surface area contributed by atoms with E-state index in [2.05, 4.69) is 26.9 Å². The van der Waals surface area contributed by atoms with Gasteiger partial charge in [-0.05, 0) is 30.3 Å². The number of ether oxygens (including phenoxy) is 4. The number of nitrogens with zero attached hydrogens (tertiary/aromatic N) is 2. The minimum Gasteiger partial charge on any atom is -0.496 e. The maximum Gasteiger partial charge on any atom is 0.414 e. The topological polar surface area (TPSA) is 135 Å². The van der Waals surface area contributed by atoms with Crippen molar-refractivity contribution in [3.05, 3.63) is 45.9 Å². The summed E-state index contributed by atoms with van der Waals surface area (Å²) >= 11 is 3.52. The molecule has 36 heavy (non-hydrogen) atoms. The zero-order valence-electron chi connectivity index (χ0n) is 20.4. The van der Waals surface area contributed by atoms with E-state index >= 15 is 0 Å². The second-order valence-electron chi connectivity index (χ2n) is 7.55. The Bertz CT molecular complexity index is 1050. The van der Waals surface area contributed by atoms with Crippen LogP contribution in [0, 0.1) is 0 Å². The van der Waals surface area contributed by atoms with Crippen LogP contribution >= 0.6 is 15.9 Å². The minimum atomic E-state index is -1.82. The fourth-order valence-corrected chi connectivity index (χ4v) is 4.02. The lowest BCUT2D eigenvalue weighted by atomic mass is 10.1. The molecule has 11 nitrogen and oxygen atoms in total. The van der Waals surface area contributed by atoms with E-state index in [1.807, 2.05) is 17.0 Å². The molecule has 0 bridgehead atoms.